The van der Waals surface area contributed by atoms with E-state index in [9.17, 15) is 0 Å². The van der Waals surface area contributed by atoms with E-state index < -0.39 is 5.41 Å². The summed E-state index contributed by atoms with van der Waals surface area (Å²) in [6, 6.07) is 82.0. The van der Waals surface area contributed by atoms with Crippen LogP contribution >= 0.6 is 0 Å². The van der Waals surface area contributed by atoms with Crippen molar-refractivity contribution in [3.63, 3.8) is 0 Å². The fraction of sp³-hybridized carbons (Fsp3) is 0.123. The summed E-state index contributed by atoms with van der Waals surface area (Å²) < 4.78 is 0. The number of benzene rings is 10. The molecule has 0 fully saturated rings. The number of hydrogen-bond acceptors (Lipinski definition) is 2. The molecule has 0 unspecified atom stereocenters. The Morgan fingerprint density at radius 2 is 0.587 bits per heavy atom. The molecule has 360 valence electrons. The van der Waals surface area contributed by atoms with E-state index >= 15 is 0 Å². The minimum Gasteiger partial charge on any atom is -0.344 e. The van der Waals surface area contributed by atoms with Crippen molar-refractivity contribution in [1.82, 2.24) is 0 Å². The van der Waals surface area contributed by atoms with Gasteiger partial charge in [0, 0.05) is 47.7 Å². The SMILES string of the molecule is CN1c2ccccc2C(C)(C)c2ccc(-c3ccc(C=Cc4ccc5c(c4)C4(c6ccccc6-c6ccccc64)c4cc(C=Cc6ccc(-c7ccc8c(c7)N(C)c7ccccc7C8(C)C)cc6)ccc4-5)cc3)cc21. The normalized spacial score (nSPS) is 15.5. The lowest BCUT2D eigenvalue weighted by atomic mass is 9.70. The molecule has 75 heavy (non-hydrogen) atoms. The molecule has 14 rings (SSSR count). The maximum atomic E-state index is 2.46. The highest BCUT2D eigenvalue weighted by molar-refractivity contribution is 5.96. The Labute approximate surface area is 442 Å². The lowest BCUT2D eigenvalue weighted by Gasteiger charge is -2.40. The number of anilines is 4. The van der Waals surface area contributed by atoms with Gasteiger partial charge in [-0.3, -0.25) is 0 Å². The van der Waals surface area contributed by atoms with Crippen molar-refractivity contribution >= 4 is 47.1 Å². The molecule has 2 aliphatic heterocycles. The topological polar surface area (TPSA) is 6.48 Å². The molecule has 1 spiro atoms. The largest absolute Gasteiger partial charge is 0.344 e. The maximum absolute atomic E-state index is 2.46. The summed E-state index contributed by atoms with van der Waals surface area (Å²) in [5, 5.41) is 0. The number of hydrogen-bond donors (Lipinski definition) is 0. The molecule has 0 atom stereocenters. The Hall–Kier alpha value is -8.72. The van der Waals surface area contributed by atoms with Crippen LogP contribution in [0.15, 0.2) is 218 Å². The van der Waals surface area contributed by atoms with Gasteiger partial charge in [0.2, 0.25) is 0 Å². The molecular formula is C73H58N2. The van der Waals surface area contributed by atoms with Crippen LogP contribution in [-0.2, 0) is 16.2 Å². The van der Waals surface area contributed by atoms with Crippen LogP contribution in [0.5, 0.6) is 0 Å². The highest BCUT2D eigenvalue weighted by Crippen LogP contribution is 2.63. The number of fused-ring (bicyclic) bond motifs is 14. The molecule has 0 bridgehead atoms. The smallest absolute Gasteiger partial charge is 0.0725 e. The highest BCUT2D eigenvalue weighted by atomic mass is 15.1. The van der Waals surface area contributed by atoms with Crippen molar-refractivity contribution in [2.75, 3.05) is 23.9 Å². The van der Waals surface area contributed by atoms with Crippen molar-refractivity contribution < 1.29 is 0 Å². The van der Waals surface area contributed by atoms with Gasteiger partial charge in [-0.2, -0.15) is 0 Å². The molecule has 0 amide bonds. The summed E-state index contributed by atoms with van der Waals surface area (Å²) in [5.41, 5.74) is 30.2. The van der Waals surface area contributed by atoms with Crippen molar-refractivity contribution in [2.45, 2.75) is 43.9 Å². The van der Waals surface area contributed by atoms with Crippen LogP contribution in [0.2, 0.25) is 0 Å². The van der Waals surface area contributed by atoms with E-state index in [0.717, 1.165) is 0 Å². The molecule has 4 aliphatic rings. The molecule has 0 aromatic heterocycles. The summed E-state index contributed by atoms with van der Waals surface area (Å²) in [5.74, 6) is 0. The van der Waals surface area contributed by atoms with Crippen molar-refractivity contribution in [3.05, 3.63) is 285 Å². The van der Waals surface area contributed by atoms with Gasteiger partial charge in [-0.1, -0.05) is 234 Å². The molecule has 0 saturated heterocycles. The Morgan fingerprint density at radius 1 is 0.267 bits per heavy atom. The number of para-hydroxylation sites is 2. The Bertz CT molecular complexity index is 3770. The predicted octanol–water partition coefficient (Wildman–Crippen LogP) is 18.5. The average Bonchev–Trinajstić information content (AvgIpc) is 4.04. The number of nitrogens with zero attached hydrogens (tertiary/aromatic N) is 2. The van der Waals surface area contributed by atoms with Gasteiger partial charge in [-0.25, -0.2) is 0 Å². The Kier molecular flexibility index (Phi) is 9.98. The van der Waals surface area contributed by atoms with Crippen molar-refractivity contribution in [1.29, 1.82) is 0 Å². The zero-order valence-corrected chi connectivity index (χ0v) is 43.5. The van der Waals surface area contributed by atoms with Gasteiger partial charge in [-0.15, -0.1) is 0 Å². The van der Waals surface area contributed by atoms with E-state index in [1.165, 1.54) is 134 Å². The van der Waals surface area contributed by atoms with E-state index in [2.05, 4.69) is 294 Å². The van der Waals surface area contributed by atoms with Crippen LogP contribution in [0.1, 0.15) is 94.5 Å². The molecule has 0 saturated carbocycles. The summed E-state index contributed by atoms with van der Waals surface area (Å²) in [6.45, 7) is 9.37. The minimum absolute atomic E-state index is 0.0686. The summed E-state index contributed by atoms with van der Waals surface area (Å²) in [6.07, 6.45) is 9.10. The van der Waals surface area contributed by atoms with Crippen LogP contribution in [0.3, 0.4) is 0 Å². The second-order valence-electron chi connectivity index (χ2n) is 22.2. The molecule has 0 radical (unpaired) electrons. The van der Waals surface area contributed by atoms with Crippen molar-refractivity contribution in [2.24, 2.45) is 0 Å². The van der Waals surface area contributed by atoms with E-state index in [-0.39, 0.29) is 10.8 Å². The Balaban J connectivity index is 0.767. The molecular weight excluding hydrogens is 905 g/mol. The van der Waals surface area contributed by atoms with Crippen LogP contribution in [-0.4, -0.2) is 14.1 Å². The first-order valence-electron chi connectivity index (χ1n) is 26.5. The van der Waals surface area contributed by atoms with Gasteiger partial charge in [0.05, 0.1) is 5.41 Å². The van der Waals surface area contributed by atoms with Crippen LogP contribution < -0.4 is 9.80 Å². The molecule has 2 heterocycles. The van der Waals surface area contributed by atoms with Crippen LogP contribution in [0, 0.1) is 0 Å². The third-order valence-corrected chi connectivity index (χ3v) is 17.5. The monoisotopic (exact) mass is 962 g/mol. The predicted molar refractivity (Wildman–Crippen MR) is 318 cm³/mol. The molecule has 2 nitrogen and oxygen atoms in total. The zero-order chi connectivity index (χ0) is 50.8. The van der Waals surface area contributed by atoms with Gasteiger partial charge in [0.15, 0.2) is 0 Å². The average molecular weight is 963 g/mol. The summed E-state index contributed by atoms with van der Waals surface area (Å²) >= 11 is 0. The van der Waals surface area contributed by atoms with Gasteiger partial charge < -0.3 is 9.80 Å². The van der Waals surface area contributed by atoms with E-state index in [0.29, 0.717) is 0 Å². The first-order chi connectivity index (χ1) is 36.5. The molecule has 0 N–H and O–H groups in total. The quantitative estimate of drug-likeness (QED) is 0.153. The summed E-state index contributed by atoms with van der Waals surface area (Å²) in [7, 11) is 4.39. The fourth-order valence-corrected chi connectivity index (χ4v) is 13.5. The number of rotatable bonds is 6. The minimum atomic E-state index is -0.449. The van der Waals surface area contributed by atoms with E-state index in [1.54, 1.807) is 0 Å². The first kappa shape index (κ1) is 44.9. The lowest BCUT2D eigenvalue weighted by Crippen LogP contribution is -2.30. The van der Waals surface area contributed by atoms with Gasteiger partial charge >= 0.3 is 0 Å². The van der Waals surface area contributed by atoms with Crippen molar-refractivity contribution in [3.8, 4) is 44.5 Å². The second-order valence-corrected chi connectivity index (χ2v) is 22.2. The van der Waals surface area contributed by atoms with Gasteiger partial charge in [0.1, 0.15) is 0 Å². The zero-order valence-electron chi connectivity index (χ0n) is 43.5. The second kappa shape index (κ2) is 16.6. The lowest BCUT2D eigenvalue weighted by molar-refractivity contribution is 0.629. The molecule has 2 heteroatoms. The van der Waals surface area contributed by atoms with Gasteiger partial charge in [-0.05, 0) is 148 Å². The first-order valence-corrected chi connectivity index (χ1v) is 26.5. The summed E-state index contributed by atoms with van der Waals surface area (Å²) in [4.78, 5) is 4.70. The van der Waals surface area contributed by atoms with E-state index in [4.69, 9.17) is 0 Å². The third-order valence-electron chi connectivity index (χ3n) is 17.5. The van der Waals surface area contributed by atoms with Gasteiger partial charge in [0.25, 0.3) is 0 Å². The molecule has 2 aliphatic carbocycles. The van der Waals surface area contributed by atoms with E-state index in [1.807, 2.05) is 0 Å². The highest BCUT2D eigenvalue weighted by Gasteiger charge is 2.51. The standard InChI is InChI=1S/C73H58N2/c1-71(2)61-19-11-13-21-67(61)74(5)69-45-53(37-41-63(69)71)51-33-27-47(28-34-51)23-25-49-31-39-57-58-40-32-50(44-66(58)73(65(57)43-49)59-17-9-7-15-55(59)56-16-8-10-18-60(56)73)26-24-48-29-35-52(36-30-48)54-38-42-64-70(46-54)75(6)68-22-14-12-20-62(68)72(64,3)4/h7-46H,1-6H3. The maximum Gasteiger partial charge on any atom is 0.0725 e. The molecule has 10 aromatic carbocycles. The Morgan fingerprint density at radius 3 is 1.01 bits per heavy atom. The van der Waals surface area contributed by atoms with Crippen LogP contribution in [0.25, 0.3) is 68.8 Å². The third kappa shape index (κ3) is 6.72. The molecule has 10 aromatic rings. The fourth-order valence-electron chi connectivity index (χ4n) is 13.5. The van der Waals surface area contributed by atoms with Crippen LogP contribution in [0.4, 0.5) is 22.7 Å².